The number of carbonyl (C=O) groups excluding carboxylic acids is 1. The van der Waals surface area contributed by atoms with Gasteiger partial charge in [0.05, 0.1) is 12.7 Å². The highest BCUT2D eigenvalue weighted by molar-refractivity contribution is 6.08. The molecule has 3 rings (SSSR count). The van der Waals surface area contributed by atoms with Gasteiger partial charge < -0.3 is 14.3 Å². The first kappa shape index (κ1) is 19.0. The number of benzene rings is 1. The summed E-state index contributed by atoms with van der Waals surface area (Å²) in [4.78, 5) is 23.2. The number of carboxylic acid groups (broad SMARTS) is 1. The lowest BCUT2D eigenvalue weighted by Crippen LogP contribution is -2.06. The van der Waals surface area contributed by atoms with E-state index in [9.17, 15) is 9.59 Å². The maximum Gasteiger partial charge on any atom is 0.307 e. The van der Waals surface area contributed by atoms with E-state index in [1.54, 1.807) is 12.1 Å². The number of aliphatic carboxylic acids is 1. The molecule has 1 aromatic carbocycles. The standard InChI is InChI=1S/C22H24O5/c1-12(2)8-16-17(22(16,4)5)11-26-18-7-6-15-14(9-19(24)25)10-27-21(15)20(18)13(3)23/h6-8,10H,9,11H2,1-5H3,(H,24,25). The zero-order valence-corrected chi connectivity index (χ0v) is 16.3. The summed E-state index contributed by atoms with van der Waals surface area (Å²) in [6, 6.07) is 3.47. The number of hydrogen-bond acceptors (Lipinski definition) is 4. The van der Waals surface area contributed by atoms with Crippen LogP contribution in [0, 0.1) is 5.41 Å². The number of hydrogen-bond donors (Lipinski definition) is 1. The highest BCUT2D eigenvalue weighted by Crippen LogP contribution is 2.53. The molecule has 0 aliphatic heterocycles. The monoisotopic (exact) mass is 368 g/mol. The van der Waals surface area contributed by atoms with E-state index in [1.165, 1.54) is 29.9 Å². The van der Waals surface area contributed by atoms with Crippen LogP contribution in [0.1, 0.15) is 50.5 Å². The van der Waals surface area contributed by atoms with Crippen molar-refractivity contribution >= 4 is 22.7 Å². The number of ether oxygens (including phenoxy) is 1. The van der Waals surface area contributed by atoms with Gasteiger partial charge in [0.2, 0.25) is 0 Å². The predicted molar refractivity (Wildman–Crippen MR) is 103 cm³/mol. The molecule has 142 valence electrons. The fourth-order valence-electron chi connectivity index (χ4n) is 3.43. The summed E-state index contributed by atoms with van der Waals surface area (Å²) in [5.74, 6) is -0.671. The number of allylic oxidation sites excluding steroid dienone is 3. The van der Waals surface area contributed by atoms with E-state index in [1.807, 2.05) is 0 Å². The Balaban J connectivity index is 1.92. The van der Waals surface area contributed by atoms with Gasteiger partial charge in [-0.15, -0.1) is 0 Å². The number of ketones is 1. The molecule has 0 amide bonds. The number of rotatable bonds is 7. The van der Waals surface area contributed by atoms with Crippen molar-refractivity contribution in [3.63, 3.8) is 0 Å². The smallest absolute Gasteiger partial charge is 0.307 e. The predicted octanol–water partition coefficient (Wildman–Crippen LogP) is 4.94. The van der Waals surface area contributed by atoms with E-state index < -0.39 is 5.97 Å². The molecule has 0 radical (unpaired) electrons. The molecule has 0 unspecified atom stereocenters. The summed E-state index contributed by atoms with van der Waals surface area (Å²) in [6.07, 6.45) is 3.41. The zero-order valence-electron chi connectivity index (χ0n) is 16.3. The highest BCUT2D eigenvalue weighted by Gasteiger charge is 2.43. The average Bonchev–Trinajstić information content (AvgIpc) is 2.88. The third kappa shape index (κ3) is 3.54. The van der Waals surface area contributed by atoms with Crippen molar-refractivity contribution in [3.05, 3.63) is 52.3 Å². The first-order valence-corrected chi connectivity index (χ1v) is 8.90. The van der Waals surface area contributed by atoms with Crippen molar-refractivity contribution in [3.8, 4) is 5.75 Å². The third-order valence-corrected chi connectivity index (χ3v) is 4.97. The molecule has 5 heteroatoms. The van der Waals surface area contributed by atoms with Crippen LogP contribution < -0.4 is 4.74 Å². The molecule has 1 heterocycles. The van der Waals surface area contributed by atoms with Crippen LogP contribution in [0.2, 0.25) is 0 Å². The molecule has 1 aliphatic rings. The van der Waals surface area contributed by atoms with Crippen LogP contribution in [0.5, 0.6) is 5.75 Å². The lowest BCUT2D eigenvalue weighted by molar-refractivity contribution is -0.136. The minimum absolute atomic E-state index is 0.0110. The second-order valence-electron chi connectivity index (χ2n) is 7.73. The molecule has 0 spiro atoms. The molecule has 1 aliphatic carbocycles. The molecule has 2 aromatic rings. The Morgan fingerprint density at radius 2 is 1.93 bits per heavy atom. The molecular formula is C22H24O5. The van der Waals surface area contributed by atoms with Crippen molar-refractivity contribution < 1.29 is 23.8 Å². The topological polar surface area (TPSA) is 76.7 Å². The Morgan fingerprint density at radius 1 is 1.22 bits per heavy atom. The molecule has 5 nitrogen and oxygen atoms in total. The maximum atomic E-state index is 12.2. The number of carboxylic acids is 1. The zero-order chi connectivity index (χ0) is 19.9. The van der Waals surface area contributed by atoms with E-state index in [4.69, 9.17) is 14.3 Å². The van der Waals surface area contributed by atoms with Gasteiger partial charge in [-0.3, -0.25) is 9.59 Å². The summed E-state index contributed by atoms with van der Waals surface area (Å²) < 4.78 is 11.5. The van der Waals surface area contributed by atoms with Gasteiger partial charge in [0, 0.05) is 16.4 Å². The van der Waals surface area contributed by atoms with Crippen LogP contribution in [-0.2, 0) is 11.2 Å². The molecule has 0 atom stereocenters. The van der Waals surface area contributed by atoms with Crippen LogP contribution in [0.4, 0.5) is 0 Å². The second kappa shape index (κ2) is 6.72. The van der Waals surface area contributed by atoms with Gasteiger partial charge >= 0.3 is 5.97 Å². The van der Waals surface area contributed by atoms with Crippen molar-refractivity contribution in [2.24, 2.45) is 5.41 Å². The highest BCUT2D eigenvalue weighted by atomic mass is 16.5. The van der Waals surface area contributed by atoms with Crippen LogP contribution in [-0.4, -0.2) is 23.5 Å². The first-order valence-electron chi connectivity index (χ1n) is 8.90. The lowest BCUT2D eigenvalue weighted by atomic mass is 10.0. The van der Waals surface area contributed by atoms with E-state index in [0.717, 1.165) is 0 Å². The average molecular weight is 368 g/mol. The summed E-state index contributed by atoms with van der Waals surface area (Å²) in [5, 5.41) is 9.65. The molecule has 0 bridgehead atoms. The lowest BCUT2D eigenvalue weighted by Gasteiger charge is -2.11. The summed E-state index contributed by atoms with van der Waals surface area (Å²) >= 11 is 0. The quantitative estimate of drug-likeness (QED) is 0.700. The largest absolute Gasteiger partial charge is 0.488 e. The minimum Gasteiger partial charge on any atom is -0.488 e. The molecule has 1 N–H and O–H groups in total. The SMILES string of the molecule is CC(=O)c1c(OCC2=C(C=C(C)C)C2(C)C)ccc2c(CC(=O)O)coc12. The Morgan fingerprint density at radius 3 is 2.52 bits per heavy atom. The summed E-state index contributed by atoms with van der Waals surface area (Å²) in [5.41, 5.74) is 5.01. The van der Waals surface area contributed by atoms with E-state index >= 15 is 0 Å². The van der Waals surface area contributed by atoms with Gasteiger partial charge in [-0.25, -0.2) is 0 Å². The van der Waals surface area contributed by atoms with Gasteiger partial charge in [-0.05, 0) is 44.1 Å². The van der Waals surface area contributed by atoms with Crippen molar-refractivity contribution in [2.75, 3.05) is 6.61 Å². The first-order chi connectivity index (χ1) is 12.6. The van der Waals surface area contributed by atoms with Gasteiger partial charge in [0.25, 0.3) is 0 Å². The second-order valence-corrected chi connectivity index (χ2v) is 7.73. The molecule has 0 saturated heterocycles. The van der Waals surface area contributed by atoms with Gasteiger partial charge in [-0.2, -0.15) is 0 Å². The minimum atomic E-state index is -0.947. The van der Waals surface area contributed by atoms with Gasteiger partial charge in [-0.1, -0.05) is 25.5 Å². The van der Waals surface area contributed by atoms with Crippen molar-refractivity contribution in [1.29, 1.82) is 0 Å². The summed E-state index contributed by atoms with van der Waals surface area (Å²) in [7, 11) is 0. The maximum absolute atomic E-state index is 12.2. The van der Waals surface area contributed by atoms with Crippen molar-refractivity contribution in [1.82, 2.24) is 0 Å². The van der Waals surface area contributed by atoms with E-state index in [-0.39, 0.29) is 17.6 Å². The number of fused-ring (bicyclic) bond motifs is 1. The molecular weight excluding hydrogens is 344 g/mol. The number of Topliss-reactive ketones (excluding diaryl/α,β-unsaturated/α-hetero) is 1. The van der Waals surface area contributed by atoms with E-state index in [2.05, 4.69) is 33.8 Å². The number of carbonyl (C=O) groups is 2. The summed E-state index contributed by atoms with van der Waals surface area (Å²) in [6.45, 7) is 10.3. The fourth-order valence-corrected chi connectivity index (χ4v) is 3.43. The van der Waals surface area contributed by atoms with Crippen LogP contribution in [0.25, 0.3) is 11.0 Å². The van der Waals surface area contributed by atoms with Crippen LogP contribution >= 0.6 is 0 Å². The Bertz CT molecular complexity index is 997. The number of furan rings is 1. The van der Waals surface area contributed by atoms with Crippen molar-refractivity contribution in [2.45, 2.75) is 41.0 Å². The van der Waals surface area contributed by atoms with Gasteiger partial charge in [0.1, 0.15) is 23.5 Å². The fraction of sp³-hybridized carbons (Fsp3) is 0.364. The van der Waals surface area contributed by atoms with Crippen LogP contribution in [0.3, 0.4) is 0 Å². The molecule has 1 aromatic heterocycles. The Labute approximate surface area is 158 Å². The molecule has 27 heavy (non-hydrogen) atoms. The van der Waals surface area contributed by atoms with Crippen LogP contribution in [0.15, 0.2) is 45.6 Å². The third-order valence-electron chi connectivity index (χ3n) is 4.97. The Kier molecular flexibility index (Phi) is 4.72. The van der Waals surface area contributed by atoms with Gasteiger partial charge in [0.15, 0.2) is 5.78 Å². The molecule has 0 saturated carbocycles. The Hall–Kier alpha value is -2.82. The normalized spacial score (nSPS) is 15.0. The molecule has 0 fully saturated rings. The van der Waals surface area contributed by atoms with E-state index in [0.29, 0.717) is 34.5 Å².